The first-order valence-electron chi connectivity index (χ1n) is 5.77. The number of aliphatic hydroxyl groups is 1. The van der Waals surface area contributed by atoms with Gasteiger partial charge in [-0.25, -0.2) is 0 Å². The highest BCUT2D eigenvalue weighted by atomic mass is 16.5. The lowest BCUT2D eigenvalue weighted by atomic mass is 10.2. The number of terminal acetylenes is 1. The minimum atomic E-state index is -0.268. The largest absolute Gasteiger partial charge is 0.481 e. The predicted molar refractivity (Wildman–Crippen MR) is 68.8 cm³/mol. The van der Waals surface area contributed by atoms with E-state index in [0.717, 1.165) is 24.3 Å². The molecule has 3 heteroatoms. The Hall–Kier alpha value is -1.50. The van der Waals surface area contributed by atoms with Crippen LogP contribution in [0, 0.1) is 12.3 Å². The van der Waals surface area contributed by atoms with Crippen LogP contribution in [0.25, 0.3) is 0 Å². The van der Waals surface area contributed by atoms with E-state index < -0.39 is 0 Å². The molecule has 1 rings (SSSR count). The van der Waals surface area contributed by atoms with Crippen LogP contribution in [0.15, 0.2) is 24.3 Å². The second kappa shape index (κ2) is 7.72. The summed E-state index contributed by atoms with van der Waals surface area (Å²) < 4.78 is 5.44. The van der Waals surface area contributed by atoms with Crippen molar-refractivity contribution < 1.29 is 9.84 Å². The monoisotopic (exact) mass is 233 g/mol. The number of hydrogen-bond donors (Lipinski definition) is 2. The van der Waals surface area contributed by atoms with Crippen LogP contribution in [0.4, 0.5) is 0 Å². The van der Waals surface area contributed by atoms with Gasteiger partial charge in [0.05, 0.1) is 6.10 Å². The Morgan fingerprint density at radius 3 is 2.94 bits per heavy atom. The summed E-state index contributed by atoms with van der Waals surface area (Å²) in [7, 11) is 0. The number of ether oxygens (including phenoxy) is 1. The van der Waals surface area contributed by atoms with Gasteiger partial charge in [0.25, 0.3) is 0 Å². The van der Waals surface area contributed by atoms with E-state index in [1.807, 2.05) is 24.3 Å². The van der Waals surface area contributed by atoms with E-state index in [4.69, 9.17) is 16.3 Å². The van der Waals surface area contributed by atoms with Crippen LogP contribution in [-0.2, 0) is 6.54 Å². The molecule has 92 valence electrons. The highest BCUT2D eigenvalue weighted by Crippen LogP contribution is 2.17. The van der Waals surface area contributed by atoms with Gasteiger partial charge in [-0.1, -0.05) is 24.1 Å². The van der Waals surface area contributed by atoms with Gasteiger partial charge in [0.1, 0.15) is 12.4 Å². The standard InChI is InChI=1S/C14H19NO2/c1-3-10-17-14-7-5-4-6-13(14)11-15-9-8-12(2)16/h1,4-7,12,15-16H,8-11H2,2H3. The first kappa shape index (κ1) is 13.6. The maximum Gasteiger partial charge on any atom is 0.148 e. The van der Waals surface area contributed by atoms with Crippen molar-refractivity contribution in [3.63, 3.8) is 0 Å². The number of aliphatic hydroxyl groups excluding tert-OH is 1. The van der Waals surface area contributed by atoms with Gasteiger partial charge in [-0.3, -0.25) is 0 Å². The second-order valence-electron chi connectivity index (χ2n) is 3.91. The van der Waals surface area contributed by atoms with E-state index in [9.17, 15) is 0 Å². The number of rotatable bonds is 7. The molecule has 0 spiro atoms. The smallest absolute Gasteiger partial charge is 0.148 e. The van der Waals surface area contributed by atoms with Crippen molar-refractivity contribution in [2.45, 2.75) is 26.0 Å². The Morgan fingerprint density at radius 1 is 1.47 bits per heavy atom. The van der Waals surface area contributed by atoms with Crippen molar-refractivity contribution >= 4 is 0 Å². The summed E-state index contributed by atoms with van der Waals surface area (Å²) in [6.07, 6.45) is 5.64. The fourth-order valence-electron chi connectivity index (χ4n) is 1.44. The molecule has 17 heavy (non-hydrogen) atoms. The molecule has 0 aliphatic heterocycles. The molecule has 0 bridgehead atoms. The molecule has 0 saturated carbocycles. The summed E-state index contributed by atoms with van der Waals surface area (Å²) in [6.45, 7) is 3.56. The third-order valence-corrected chi connectivity index (χ3v) is 2.34. The minimum Gasteiger partial charge on any atom is -0.481 e. The van der Waals surface area contributed by atoms with Gasteiger partial charge in [-0.2, -0.15) is 0 Å². The first-order valence-corrected chi connectivity index (χ1v) is 5.77. The topological polar surface area (TPSA) is 41.5 Å². The average molecular weight is 233 g/mol. The average Bonchev–Trinajstić information content (AvgIpc) is 2.33. The molecular formula is C14H19NO2. The van der Waals surface area contributed by atoms with Crippen LogP contribution < -0.4 is 10.1 Å². The number of para-hydroxylation sites is 1. The lowest BCUT2D eigenvalue weighted by molar-refractivity contribution is 0.183. The molecule has 1 unspecified atom stereocenters. The number of nitrogens with one attached hydrogen (secondary N) is 1. The molecule has 0 radical (unpaired) electrons. The van der Waals surface area contributed by atoms with Crippen molar-refractivity contribution in [1.82, 2.24) is 5.32 Å². The van der Waals surface area contributed by atoms with Crippen molar-refractivity contribution in [1.29, 1.82) is 0 Å². The van der Waals surface area contributed by atoms with Crippen LogP contribution in [0.2, 0.25) is 0 Å². The highest BCUT2D eigenvalue weighted by molar-refractivity contribution is 5.33. The van der Waals surface area contributed by atoms with E-state index in [1.165, 1.54) is 0 Å². The first-order chi connectivity index (χ1) is 8.24. The third-order valence-electron chi connectivity index (χ3n) is 2.34. The molecule has 0 fully saturated rings. The van der Waals surface area contributed by atoms with E-state index in [0.29, 0.717) is 6.54 Å². The van der Waals surface area contributed by atoms with Crippen molar-refractivity contribution in [3.8, 4) is 18.1 Å². The van der Waals surface area contributed by atoms with Gasteiger partial charge in [0, 0.05) is 12.1 Å². The molecule has 0 aliphatic carbocycles. The molecule has 0 heterocycles. The van der Waals surface area contributed by atoms with Gasteiger partial charge >= 0.3 is 0 Å². The maximum atomic E-state index is 9.13. The van der Waals surface area contributed by atoms with E-state index in [2.05, 4.69) is 11.2 Å². The zero-order valence-electron chi connectivity index (χ0n) is 10.1. The molecule has 3 nitrogen and oxygen atoms in total. The lowest BCUT2D eigenvalue weighted by Gasteiger charge is -2.11. The number of benzene rings is 1. The van der Waals surface area contributed by atoms with Gasteiger partial charge in [-0.05, 0) is 26.0 Å². The quantitative estimate of drug-likeness (QED) is 0.555. The van der Waals surface area contributed by atoms with E-state index >= 15 is 0 Å². The molecular weight excluding hydrogens is 214 g/mol. The van der Waals surface area contributed by atoms with Gasteiger partial charge in [-0.15, -0.1) is 6.42 Å². The van der Waals surface area contributed by atoms with Crippen LogP contribution >= 0.6 is 0 Å². The SMILES string of the molecule is C#CCOc1ccccc1CNCCC(C)O. The van der Waals surface area contributed by atoms with Crippen molar-refractivity contribution in [2.24, 2.45) is 0 Å². The minimum absolute atomic E-state index is 0.268. The molecule has 1 atom stereocenters. The fraction of sp³-hybridized carbons (Fsp3) is 0.429. The molecule has 1 aromatic carbocycles. The van der Waals surface area contributed by atoms with Crippen molar-refractivity contribution in [2.75, 3.05) is 13.2 Å². The Bertz CT molecular complexity index is 369. The number of hydrogen-bond acceptors (Lipinski definition) is 3. The van der Waals surface area contributed by atoms with Crippen LogP contribution in [0.5, 0.6) is 5.75 Å². The second-order valence-corrected chi connectivity index (χ2v) is 3.91. The van der Waals surface area contributed by atoms with Gasteiger partial charge < -0.3 is 15.2 Å². The predicted octanol–water partition coefficient (Wildman–Crippen LogP) is 1.56. The molecule has 0 aromatic heterocycles. The molecule has 1 aromatic rings. The molecule has 2 N–H and O–H groups in total. The summed E-state index contributed by atoms with van der Waals surface area (Å²) >= 11 is 0. The molecule has 0 amide bonds. The Kier molecular flexibility index (Phi) is 6.16. The van der Waals surface area contributed by atoms with Crippen LogP contribution in [0.3, 0.4) is 0 Å². The Labute approximate surface area is 103 Å². The van der Waals surface area contributed by atoms with Gasteiger partial charge in [0.15, 0.2) is 0 Å². The van der Waals surface area contributed by atoms with E-state index in [-0.39, 0.29) is 12.7 Å². The Morgan fingerprint density at radius 2 is 2.24 bits per heavy atom. The molecule has 0 saturated heterocycles. The fourth-order valence-corrected chi connectivity index (χ4v) is 1.44. The van der Waals surface area contributed by atoms with Gasteiger partial charge in [0.2, 0.25) is 0 Å². The highest BCUT2D eigenvalue weighted by Gasteiger charge is 2.02. The van der Waals surface area contributed by atoms with Crippen LogP contribution in [-0.4, -0.2) is 24.4 Å². The summed E-state index contributed by atoms with van der Waals surface area (Å²) in [5, 5.41) is 12.4. The zero-order chi connectivity index (χ0) is 12.5. The van der Waals surface area contributed by atoms with Crippen molar-refractivity contribution in [3.05, 3.63) is 29.8 Å². The van der Waals surface area contributed by atoms with Crippen LogP contribution in [0.1, 0.15) is 18.9 Å². The maximum absolute atomic E-state index is 9.13. The summed E-state index contributed by atoms with van der Waals surface area (Å²) in [5.41, 5.74) is 1.08. The summed E-state index contributed by atoms with van der Waals surface area (Å²) in [4.78, 5) is 0. The van der Waals surface area contributed by atoms with E-state index in [1.54, 1.807) is 6.92 Å². The zero-order valence-corrected chi connectivity index (χ0v) is 10.1. The third kappa shape index (κ3) is 5.39. The lowest BCUT2D eigenvalue weighted by Crippen LogP contribution is -2.19. The summed E-state index contributed by atoms with van der Waals surface area (Å²) in [5.74, 6) is 3.26. The normalized spacial score (nSPS) is 11.8. The summed E-state index contributed by atoms with van der Waals surface area (Å²) in [6, 6.07) is 7.80. The molecule has 0 aliphatic rings. The Balaban J connectivity index is 2.43.